The van der Waals surface area contributed by atoms with Gasteiger partial charge in [-0.1, -0.05) is 20.8 Å². The molecule has 0 aromatic carbocycles. The van der Waals surface area contributed by atoms with Gasteiger partial charge in [0.25, 0.3) is 0 Å². The summed E-state index contributed by atoms with van der Waals surface area (Å²) in [5.41, 5.74) is 0. The summed E-state index contributed by atoms with van der Waals surface area (Å²) in [6.07, 6.45) is 1.18. The van der Waals surface area contributed by atoms with E-state index in [0.29, 0.717) is 12.0 Å². The molecule has 1 saturated heterocycles. The summed E-state index contributed by atoms with van der Waals surface area (Å²) in [6, 6.07) is 0.628. The van der Waals surface area contributed by atoms with Crippen LogP contribution in [-0.2, 0) is 0 Å². The highest BCUT2D eigenvalue weighted by molar-refractivity contribution is 5.81. The minimum absolute atomic E-state index is 0.357. The molecule has 0 radical (unpaired) electrons. The molecule has 1 atom stereocenters. The fraction of sp³-hybridized carbons (Fsp3) is 0.909. The summed E-state index contributed by atoms with van der Waals surface area (Å²) < 4.78 is 0. The molecule has 0 amide bonds. The number of piperazine rings is 1. The Morgan fingerprint density at radius 3 is 2.57 bits per heavy atom. The molecule has 3 nitrogen and oxygen atoms in total. The molecule has 1 heterocycles. The van der Waals surface area contributed by atoms with Crippen LogP contribution in [0, 0.1) is 11.3 Å². The highest BCUT2D eigenvalue weighted by Crippen LogP contribution is 2.13. The van der Waals surface area contributed by atoms with Gasteiger partial charge in [0.15, 0.2) is 0 Å². The van der Waals surface area contributed by atoms with Gasteiger partial charge in [0.2, 0.25) is 0 Å². The van der Waals surface area contributed by atoms with E-state index in [1.165, 1.54) is 6.42 Å². The van der Waals surface area contributed by atoms with Gasteiger partial charge in [-0.2, -0.15) is 0 Å². The molecular weight excluding hydrogens is 174 g/mol. The minimum atomic E-state index is 0.357. The first-order chi connectivity index (χ1) is 6.56. The van der Waals surface area contributed by atoms with E-state index in [2.05, 4.69) is 37.6 Å². The van der Waals surface area contributed by atoms with Gasteiger partial charge in [0.05, 0.1) is 5.84 Å². The van der Waals surface area contributed by atoms with Crippen LogP contribution in [0.15, 0.2) is 0 Å². The molecule has 1 aliphatic rings. The SMILES string of the molecule is CCC1CN(C(=N)C(C)C)CCN1C. The number of likely N-dealkylation sites (N-methyl/N-ethyl adjacent to an activating group) is 1. The van der Waals surface area contributed by atoms with E-state index in [-0.39, 0.29) is 0 Å². The maximum atomic E-state index is 7.98. The Morgan fingerprint density at radius 2 is 2.07 bits per heavy atom. The van der Waals surface area contributed by atoms with Crippen LogP contribution in [0.5, 0.6) is 0 Å². The van der Waals surface area contributed by atoms with E-state index in [1.807, 2.05) is 0 Å². The second-order valence-corrected chi connectivity index (χ2v) is 4.53. The van der Waals surface area contributed by atoms with E-state index < -0.39 is 0 Å². The number of rotatable bonds is 2. The van der Waals surface area contributed by atoms with Gasteiger partial charge in [0, 0.05) is 31.6 Å². The van der Waals surface area contributed by atoms with Gasteiger partial charge in [-0.3, -0.25) is 10.3 Å². The molecule has 0 aromatic heterocycles. The Balaban J connectivity index is 2.54. The average Bonchev–Trinajstić information content (AvgIpc) is 2.17. The van der Waals surface area contributed by atoms with Crippen LogP contribution in [-0.4, -0.2) is 48.4 Å². The molecule has 1 N–H and O–H groups in total. The second-order valence-electron chi connectivity index (χ2n) is 4.53. The lowest BCUT2D eigenvalue weighted by molar-refractivity contribution is 0.134. The maximum Gasteiger partial charge on any atom is 0.0984 e. The lowest BCUT2D eigenvalue weighted by Crippen LogP contribution is -2.53. The first-order valence-corrected chi connectivity index (χ1v) is 5.59. The summed E-state index contributed by atoms with van der Waals surface area (Å²) >= 11 is 0. The molecule has 14 heavy (non-hydrogen) atoms. The van der Waals surface area contributed by atoms with Gasteiger partial charge in [-0.05, 0) is 13.5 Å². The van der Waals surface area contributed by atoms with Crippen LogP contribution in [0.2, 0.25) is 0 Å². The topological polar surface area (TPSA) is 30.3 Å². The Kier molecular flexibility index (Phi) is 3.93. The zero-order chi connectivity index (χ0) is 10.7. The van der Waals surface area contributed by atoms with Crippen molar-refractivity contribution in [2.45, 2.75) is 33.2 Å². The van der Waals surface area contributed by atoms with E-state index in [0.717, 1.165) is 25.5 Å². The molecule has 82 valence electrons. The molecule has 1 rings (SSSR count). The highest BCUT2D eigenvalue weighted by atomic mass is 15.3. The molecule has 1 fully saturated rings. The van der Waals surface area contributed by atoms with Crippen molar-refractivity contribution in [3.05, 3.63) is 0 Å². The monoisotopic (exact) mass is 197 g/mol. The second kappa shape index (κ2) is 4.78. The van der Waals surface area contributed by atoms with E-state index >= 15 is 0 Å². The predicted octanol–water partition coefficient (Wildman–Crippen LogP) is 1.65. The molecule has 0 saturated carbocycles. The van der Waals surface area contributed by atoms with Crippen LogP contribution in [0.4, 0.5) is 0 Å². The quantitative estimate of drug-likeness (QED) is 0.539. The first-order valence-electron chi connectivity index (χ1n) is 5.59. The van der Waals surface area contributed by atoms with Crippen LogP contribution >= 0.6 is 0 Å². The third-order valence-corrected chi connectivity index (χ3v) is 3.14. The van der Waals surface area contributed by atoms with E-state index in [9.17, 15) is 0 Å². The van der Waals surface area contributed by atoms with Gasteiger partial charge in [-0.15, -0.1) is 0 Å². The predicted molar refractivity (Wildman–Crippen MR) is 60.8 cm³/mol. The molecule has 0 aromatic rings. The van der Waals surface area contributed by atoms with Gasteiger partial charge < -0.3 is 4.90 Å². The largest absolute Gasteiger partial charge is 0.357 e. The third-order valence-electron chi connectivity index (χ3n) is 3.14. The van der Waals surface area contributed by atoms with Crippen molar-refractivity contribution in [3.63, 3.8) is 0 Å². The molecule has 0 spiro atoms. The number of amidine groups is 1. The molecule has 1 unspecified atom stereocenters. The molecule has 0 aliphatic carbocycles. The van der Waals surface area contributed by atoms with Crippen molar-refractivity contribution >= 4 is 5.84 Å². The number of hydrogen-bond acceptors (Lipinski definition) is 2. The summed E-state index contributed by atoms with van der Waals surface area (Å²) in [7, 11) is 2.19. The van der Waals surface area contributed by atoms with Gasteiger partial charge in [-0.25, -0.2) is 0 Å². The normalized spacial score (nSPS) is 24.4. The van der Waals surface area contributed by atoms with Crippen LogP contribution in [0.1, 0.15) is 27.2 Å². The van der Waals surface area contributed by atoms with Gasteiger partial charge in [0.1, 0.15) is 0 Å². The maximum absolute atomic E-state index is 7.98. The number of nitrogens with zero attached hydrogens (tertiary/aromatic N) is 2. The average molecular weight is 197 g/mol. The summed E-state index contributed by atoms with van der Waals surface area (Å²) in [6.45, 7) is 9.56. The standard InChI is InChI=1S/C11H23N3/c1-5-10-8-14(7-6-13(10)4)11(12)9(2)3/h9-10,12H,5-8H2,1-4H3. The Bertz CT molecular complexity index is 201. The van der Waals surface area contributed by atoms with Crippen LogP contribution in [0.25, 0.3) is 0 Å². The zero-order valence-electron chi connectivity index (χ0n) is 9.88. The Morgan fingerprint density at radius 1 is 1.43 bits per heavy atom. The smallest absolute Gasteiger partial charge is 0.0984 e. The fourth-order valence-corrected chi connectivity index (χ4v) is 1.97. The third kappa shape index (κ3) is 2.47. The highest BCUT2D eigenvalue weighted by Gasteiger charge is 2.24. The summed E-state index contributed by atoms with van der Waals surface area (Å²) in [5, 5.41) is 7.98. The van der Waals surface area contributed by atoms with Crippen molar-refractivity contribution < 1.29 is 0 Å². The number of nitrogens with one attached hydrogen (secondary N) is 1. The Labute approximate surface area is 87.6 Å². The Hall–Kier alpha value is -0.570. The van der Waals surface area contributed by atoms with Crippen LogP contribution in [0.3, 0.4) is 0 Å². The number of hydrogen-bond donors (Lipinski definition) is 1. The lowest BCUT2D eigenvalue weighted by atomic mass is 10.1. The van der Waals surface area contributed by atoms with Crippen molar-refractivity contribution in [2.24, 2.45) is 5.92 Å². The fourth-order valence-electron chi connectivity index (χ4n) is 1.97. The first kappa shape index (κ1) is 11.5. The van der Waals surface area contributed by atoms with Crippen molar-refractivity contribution in [1.29, 1.82) is 5.41 Å². The van der Waals surface area contributed by atoms with Gasteiger partial charge >= 0.3 is 0 Å². The molecule has 3 heteroatoms. The molecular formula is C11H23N3. The van der Waals surface area contributed by atoms with Crippen molar-refractivity contribution in [2.75, 3.05) is 26.7 Å². The summed E-state index contributed by atoms with van der Waals surface area (Å²) in [5.74, 6) is 1.16. The van der Waals surface area contributed by atoms with E-state index in [1.54, 1.807) is 0 Å². The van der Waals surface area contributed by atoms with Crippen molar-refractivity contribution in [3.8, 4) is 0 Å². The lowest BCUT2D eigenvalue weighted by Gasteiger charge is -2.41. The zero-order valence-corrected chi connectivity index (χ0v) is 9.88. The minimum Gasteiger partial charge on any atom is -0.357 e. The van der Waals surface area contributed by atoms with Crippen LogP contribution < -0.4 is 0 Å². The molecule has 0 bridgehead atoms. The van der Waals surface area contributed by atoms with E-state index in [4.69, 9.17) is 5.41 Å². The summed E-state index contributed by atoms with van der Waals surface area (Å²) in [4.78, 5) is 4.64. The van der Waals surface area contributed by atoms with Crippen molar-refractivity contribution in [1.82, 2.24) is 9.80 Å². The molecule has 1 aliphatic heterocycles.